The Hall–Kier alpha value is -2.93. The molecule has 2 aromatic rings. The molecule has 0 atom stereocenters. The number of halogens is 1. The van der Waals surface area contributed by atoms with Crippen molar-refractivity contribution in [2.75, 3.05) is 48.3 Å². The molecule has 0 unspecified atom stereocenters. The number of rotatable bonds is 5. The zero-order valence-electron chi connectivity index (χ0n) is 15.2. The molecule has 2 N–H and O–H groups in total. The summed E-state index contributed by atoms with van der Waals surface area (Å²) in [6, 6.07) is 13.5. The van der Waals surface area contributed by atoms with Gasteiger partial charge < -0.3 is 15.5 Å². The molecule has 6 nitrogen and oxygen atoms in total. The Morgan fingerprint density at radius 1 is 0.889 bits per heavy atom. The van der Waals surface area contributed by atoms with Gasteiger partial charge in [0.1, 0.15) is 5.82 Å². The fraction of sp³-hybridized carbons (Fsp3) is 0.300. The van der Waals surface area contributed by atoms with Crippen LogP contribution in [-0.2, 0) is 9.59 Å². The molecule has 0 aliphatic carbocycles. The number of amides is 2. The van der Waals surface area contributed by atoms with Gasteiger partial charge in [-0.15, -0.1) is 0 Å². The molecule has 0 aromatic heterocycles. The normalized spacial score (nSPS) is 14.7. The van der Waals surface area contributed by atoms with E-state index in [4.69, 9.17) is 0 Å². The maximum absolute atomic E-state index is 13.0. The van der Waals surface area contributed by atoms with Crippen LogP contribution >= 0.6 is 0 Å². The number of piperazine rings is 1. The van der Waals surface area contributed by atoms with E-state index in [0.29, 0.717) is 17.9 Å². The molecule has 27 heavy (non-hydrogen) atoms. The van der Waals surface area contributed by atoms with E-state index in [2.05, 4.69) is 20.4 Å². The second kappa shape index (κ2) is 8.64. The lowest BCUT2D eigenvalue weighted by Crippen LogP contribution is -2.48. The van der Waals surface area contributed by atoms with Crippen LogP contribution in [0.3, 0.4) is 0 Å². The van der Waals surface area contributed by atoms with Crippen molar-refractivity contribution in [2.45, 2.75) is 6.92 Å². The Labute approximate surface area is 158 Å². The molecule has 1 fully saturated rings. The summed E-state index contributed by atoms with van der Waals surface area (Å²) in [7, 11) is 0. The van der Waals surface area contributed by atoms with Crippen molar-refractivity contribution in [3.05, 3.63) is 54.3 Å². The fourth-order valence-corrected chi connectivity index (χ4v) is 3.06. The predicted octanol–water partition coefficient (Wildman–Crippen LogP) is 2.54. The Morgan fingerprint density at radius 2 is 1.44 bits per heavy atom. The zero-order valence-corrected chi connectivity index (χ0v) is 15.2. The van der Waals surface area contributed by atoms with Crippen molar-refractivity contribution in [3.63, 3.8) is 0 Å². The third-order valence-corrected chi connectivity index (χ3v) is 4.42. The number of anilines is 3. The van der Waals surface area contributed by atoms with Crippen molar-refractivity contribution in [3.8, 4) is 0 Å². The second-order valence-corrected chi connectivity index (χ2v) is 6.55. The van der Waals surface area contributed by atoms with E-state index in [1.807, 2.05) is 0 Å². The Balaban J connectivity index is 1.45. The van der Waals surface area contributed by atoms with Gasteiger partial charge in [-0.1, -0.05) is 0 Å². The van der Waals surface area contributed by atoms with Crippen LogP contribution in [0.2, 0.25) is 0 Å². The topological polar surface area (TPSA) is 64.7 Å². The highest BCUT2D eigenvalue weighted by Gasteiger charge is 2.19. The van der Waals surface area contributed by atoms with E-state index in [1.54, 1.807) is 36.4 Å². The van der Waals surface area contributed by atoms with Crippen molar-refractivity contribution in [2.24, 2.45) is 0 Å². The summed E-state index contributed by atoms with van der Waals surface area (Å²) < 4.78 is 13.0. The van der Waals surface area contributed by atoms with Crippen LogP contribution in [-0.4, -0.2) is 49.4 Å². The number of nitrogens with one attached hydrogen (secondary N) is 2. The monoisotopic (exact) mass is 370 g/mol. The Kier molecular flexibility index (Phi) is 6.03. The maximum atomic E-state index is 13.0. The van der Waals surface area contributed by atoms with Crippen LogP contribution in [0.5, 0.6) is 0 Å². The molecule has 3 rings (SSSR count). The molecule has 1 aliphatic rings. The first-order valence-corrected chi connectivity index (χ1v) is 8.90. The van der Waals surface area contributed by atoms with Gasteiger partial charge in [0.05, 0.1) is 6.54 Å². The van der Waals surface area contributed by atoms with Crippen molar-refractivity contribution in [1.29, 1.82) is 0 Å². The standard InChI is InChI=1S/C20H23FN4O2/c1-15(26)22-17-4-6-18(7-5-17)23-20(27)14-24-10-12-25(13-11-24)19-8-2-16(21)3-9-19/h2-9H,10-14H2,1H3,(H,22,26)(H,23,27). The molecule has 2 amide bonds. The quantitative estimate of drug-likeness (QED) is 0.849. The van der Waals surface area contributed by atoms with E-state index in [1.165, 1.54) is 19.1 Å². The molecule has 0 radical (unpaired) electrons. The minimum atomic E-state index is -0.237. The largest absolute Gasteiger partial charge is 0.369 e. The summed E-state index contributed by atoms with van der Waals surface area (Å²) >= 11 is 0. The molecule has 0 spiro atoms. The van der Waals surface area contributed by atoms with Crippen LogP contribution in [0.4, 0.5) is 21.5 Å². The Bertz CT molecular complexity index is 785. The summed E-state index contributed by atoms with van der Waals surface area (Å²) in [6.45, 7) is 4.91. The van der Waals surface area contributed by atoms with E-state index < -0.39 is 0 Å². The molecule has 0 saturated carbocycles. The van der Waals surface area contributed by atoms with Gasteiger partial charge in [0.25, 0.3) is 0 Å². The molecule has 1 saturated heterocycles. The second-order valence-electron chi connectivity index (χ2n) is 6.55. The number of hydrogen-bond acceptors (Lipinski definition) is 4. The average molecular weight is 370 g/mol. The lowest BCUT2D eigenvalue weighted by Gasteiger charge is -2.35. The molecule has 1 aliphatic heterocycles. The minimum absolute atomic E-state index is 0.0718. The van der Waals surface area contributed by atoms with E-state index in [0.717, 1.165) is 31.9 Å². The van der Waals surface area contributed by atoms with Crippen molar-refractivity contribution in [1.82, 2.24) is 4.90 Å². The van der Waals surface area contributed by atoms with Crippen LogP contribution in [0.1, 0.15) is 6.92 Å². The highest BCUT2D eigenvalue weighted by atomic mass is 19.1. The first-order valence-electron chi connectivity index (χ1n) is 8.90. The van der Waals surface area contributed by atoms with E-state index in [-0.39, 0.29) is 17.6 Å². The number of benzene rings is 2. The maximum Gasteiger partial charge on any atom is 0.238 e. The molecule has 0 bridgehead atoms. The van der Waals surface area contributed by atoms with Crippen LogP contribution < -0.4 is 15.5 Å². The van der Waals surface area contributed by atoms with Gasteiger partial charge in [0.2, 0.25) is 11.8 Å². The minimum Gasteiger partial charge on any atom is -0.369 e. The summed E-state index contributed by atoms with van der Waals surface area (Å²) in [6.07, 6.45) is 0. The molecular weight excluding hydrogens is 347 g/mol. The van der Waals surface area contributed by atoms with E-state index in [9.17, 15) is 14.0 Å². The summed E-state index contributed by atoms with van der Waals surface area (Å²) in [5.41, 5.74) is 2.39. The van der Waals surface area contributed by atoms with Crippen LogP contribution in [0.25, 0.3) is 0 Å². The molecule has 2 aromatic carbocycles. The number of nitrogens with zero attached hydrogens (tertiary/aromatic N) is 2. The number of carbonyl (C=O) groups is 2. The molecule has 7 heteroatoms. The first-order chi connectivity index (χ1) is 13.0. The fourth-order valence-electron chi connectivity index (χ4n) is 3.06. The Morgan fingerprint density at radius 3 is 2.00 bits per heavy atom. The van der Waals surface area contributed by atoms with Crippen molar-refractivity contribution >= 4 is 28.9 Å². The average Bonchev–Trinajstić information content (AvgIpc) is 2.64. The van der Waals surface area contributed by atoms with Gasteiger partial charge in [0, 0.05) is 50.2 Å². The van der Waals surface area contributed by atoms with Crippen LogP contribution in [0.15, 0.2) is 48.5 Å². The molecule has 142 valence electrons. The zero-order chi connectivity index (χ0) is 19.2. The van der Waals surface area contributed by atoms with E-state index >= 15 is 0 Å². The molecule has 1 heterocycles. The highest BCUT2D eigenvalue weighted by Crippen LogP contribution is 2.17. The number of hydrogen-bond donors (Lipinski definition) is 2. The third-order valence-electron chi connectivity index (χ3n) is 4.42. The first kappa shape index (κ1) is 18.8. The summed E-state index contributed by atoms with van der Waals surface area (Å²) in [5, 5.41) is 5.56. The van der Waals surface area contributed by atoms with Gasteiger partial charge in [-0.25, -0.2) is 4.39 Å². The summed E-state index contributed by atoms with van der Waals surface area (Å²) in [4.78, 5) is 27.6. The highest BCUT2D eigenvalue weighted by molar-refractivity contribution is 5.93. The number of carbonyl (C=O) groups excluding carboxylic acids is 2. The van der Waals surface area contributed by atoms with Crippen molar-refractivity contribution < 1.29 is 14.0 Å². The van der Waals surface area contributed by atoms with Crippen LogP contribution in [0, 0.1) is 5.82 Å². The van der Waals surface area contributed by atoms with Gasteiger partial charge in [-0.3, -0.25) is 14.5 Å². The lowest BCUT2D eigenvalue weighted by molar-refractivity contribution is -0.117. The van der Waals surface area contributed by atoms with Gasteiger partial charge in [-0.05, 0) is 48.5 Å². The SMILES string of the molecule is CC(=O)Nc1ccc(NC(=O)CN2CCN(c3ccc(F)cc3)CC2)cc1. The van der Waals surface area contributed by atoms with Gasteiger partial charge in [-0.2, -0.15) is 0 Å². The van der Waals surface area contributed by atoms with Gasteiger partial charge >= 0.3 is 0 Å². The third kappa shape index (κ3) is 5.52. The predicted molar refractivity (Wildman–Crippen MR) is 104 cm³/mol. The lowest BCUT2D eigenvalue weighted by atomic mass is 10.2. The summed E-state index contributed by atoms with van der Waals surface area (Å²) in [5.74, 6) is -0.441. The van der Waals surface area contributed by atoms with Gasteiger partial charge in [0.15, 0.2) is 0 Å². The molecular formula is C20H23FN4O2. The smallest absolute Gasteiger partial charge is 0.238 e.